The van der Waals surface area contributed by atoms with Crippen molar-refractivity contribution in [3.63, 3.8) is 0 Å². The van der Waals surface area contributed by atoms with Crippen molar-refractivity contribution >= 4 is 10.8 Å². The van der Waals surface area contributed by atoms with Crippen LogP contribution in [0.15, 0.2) is 29.2 Å². The molecule has 24 heavy (non-hydrogen) atoms. The number of pyridine rings is 1. The molecule has 3 saturated heterocycles. The van der Waals surface area contributed by atoms with E-state index in [-0.39, 0.29) is 5.56 Å². The van der Waals surface area contributed by atoms with Gasteiger partial charge in [-0.2, -0.15) is 0 Å². The Morgan fingerprint density at radius 1 is 1.25 bits per heavy atom. The molecule has 1 atom stereocenters. The van der Waals surface area contributed by atoms with E-state index in [1.165, 1.54) is 31.5 Å². The Kier molecular flexibility index (Phi) is 4.09. The molecule has 1 aromatic heterocycles. The van der Waals surface area contributed by atoms with Crippen molar-refractivity contribution in [2.45, 2.75) is 38.6 Å². The Bertz CT molecular complexity index is 803. The molecule has 3 fully saturated rings. The molecule has 0 spiro atoms. The van der Waals surface area contributed by atoms with Crippen molar-refractivity contribution in [3.05, 3.63) is 40.3 Å². The van der Waals surface area contributed by atoms with Gasteiger partial charge in [0.15, 0.2) is 0 Å². The summed E-state index contributed by atoms with van der Waals surface area (Å²) < 4.78 is 7.59. The van der Waals surface area contributed by atoms with E-state index in [0.29, 0.717) is 12.0 Å². The number of methoxy groups -OCH3 is 1. The molecule has 1 aromatic carbocycles. The second-order valence-electron chi connectivity index (χ2n) is 7.20. The number of ether oxygens (including phenoxy) is 1. The molecule has 3 aliphatic heterocycles. The van der Waals surface area contributed by atoms with Crippen LogP contribution in [0, 0.1) is 5.92 Å². The predicted octanol–water partition coefficient (Wildman–Crippen LogP) is 3.23. The summed E-state index contributed by atoms with van der Waals surface area (Å²) in [4.78, 5) is 15.7. The first-order valence-electron chi connectivity index (χ1n) is 9.16. The van der Waals surface area contributed by atoms with E-state index in [0.717, 1.165) is 35.9 Å². The number of piperidine rings is 3. The van der Waals surface area contributed by atoms with Gasteiger partial charge in [-0.05, 0) is 56.0 Å². The zero-order valence-corrected chi connectivity index (χ0v) is 14.6. The van der Waals surface area contributed by atoms with E-state index >= 15 is 0 Å². The largest absolute Gasteiger partial charge is 0.496 e. The van der Waals surface area contributed by atoms with E-state index in [4.69, 9.17) is 4.74 Å². The molecule has 3 aliphatic rings. The van der Waals surface area contributed by atoms with E-state index in [2.05, 4.69) is 18.0 Å². The predicted molar refractivity (Wildman–Crippen MR) is 97.0 cm³/mol. The maximum Gasteiger partial charge on any atom is 0.258 e. The van der Waals surface area contributed by atoms with E-state index in [1.807, 2.05) is 22.8 Å². The van der Waals surface area contributed by atoms with Gasteiger partial charge in [0, 0.05) is 18.1 Å². The molecule has 0 saturated carbocycles. The second kappa shape index (κ2) is 6.25. The van der Waals surface area contributed by atoms with Crippen LogP contribution in [-0.2, 0) is 6.42 Å². The van der Waals surface area contributed by atoms with E-state index in [1.54, 1.807) is 7.11 Å². The molecule has 4 heterocycles. The summed E-state index contributed by atoms with van der Waals surface area (Å²) in [5.41, 5.74) is 1.38. The Morgan fingerprint density at radius 2 is 2.04 bits per heavy atom. The van der Waals surface area contributed by atoms with Gasteiger partial charge >= 0.3 is 0 Å². The number of hydrogen-bond donors (Lipinski definition) is 0. The molecule has 4 nitrogen and oxygen atoms in total. The first-order valence-corrected chi connectivity index (χ1v) is 9.16. The van der Waals surface area contributed by atoms with Crippen LogP contribution in [0.1, 0.15) is 37.8 Å². The van der Waals surface area contributed by atoms with Gasteiger partial charge in [-0.1, -0.05) is 19.4 Å². The molecule has 1 unspecified atom stereocenters. The minimum Gasteiger partial charge on any atom is -0.496 e. The van der Waals surface area contributed by atoms with Gasteiger partial charge in [0.05, 0.1) is 18.5 Å². The van der Waals surface area contributed by atoms with Crippen molar-refractivity contribution in [2.75, 3.05) is 26.7 Å². The number of aryl methyl sites for hydroxylation is 1. The SMILES string of the molecule is CCCc1cn(C2CN3CCC2CC3)c(=O)c2cccc(OC)c12. The maximum atomic E-state index is 13.2. The highest BCUT2D eigenvalue weighted by atomic mass is 16.5. The lowest BCUT2D eigenvalue weighted by Gasteiger charge is -2.45. The highest BCUT2D eigenvalue weighted by molar-refractivity contribution is 5.90. The smallest absolute Gasteiger partial charge is 0.258 e. The standard InChI is InChI=1S/C20H26N2O2/c1-3-5-15-12-22(17-13-21-10-8-14(17)9-11-21)20(23)16-6-4-7-18(24-2)19(15)16/h4,6-7,12,14,17H,3,5,8-11,13H2,1-2H3. The Hall–Kier alpha value is -1.81. The molecule has 0 N–H and O–H groups in total. The van der Waals surface area contributed by atoms with Gasteiger partial charge in [-0.25, -0.2) is 0 Å². The molecule has 4 heteroatoms. The Balaban J connectivity index is 1.91. The highest BCUT2D eigenvalue weighted by Crippen LogP contribution is 2.36. The summed E-state index contributed by atoms with van der Waals surface area (Å²) in [6, 6.07) is 6.17. The van der Waals surface area contributed by atoms with Crippen LogP contribution in [0.5, 0.6) is 5.75 Å². The number of benzene rings is 1. The summed E-state index contributed by atoms with van der Waals surface area (Å²) in [6.07, 6.45) is 6.60. The minimum atomic E-state index is 0.141. The molecule has 2 bridgehead atoms. The topological polar surface area (TPSA) is 34.5 Å². The fourth-order valence-corrected chi connectivity index (χ4v) is 4.60. The van der Waals surface area contributed by atoms with Crippen LogP contribution in [0.3, 0.4) is 0 Å². The zero-order valence-electron chi connectivity index (χ0n) is 14.6. The fourth-order valence-electron chi connectivity index (χ4n) is 4.60. The normalized spacial score (nSPS) is 26.0. The highest BCUT2D eigenvalue weighted by Gasteiger charge is 2.36. The van der Waals surface area contributed by atoms with Gasteiger partial charge < -0.3 is 14.2 Å². The Morgan fingerprint density at radius 3 is 2.67 bits per heavy atom. The number of aromatic nitrogens is 1. The molecule has 2 aromatic rings. The lowest BCUT2D eigenvalue weighted by atomic mass is 9.83. The van der Waals surface area contributed by atoms with Crippen molar-refractivity contribution in [1.82, 2.24) is 9.47 Å². The van der Waals surface area contributed by atoms with Crippen LogP contribution in [0.2, 0.25) is 0 Å². The molecular formula is C20H26N2O2. The lowest BCUT2D eigenvalue weighted by Crippen LogP contribution is -2.50. The van der Waals surface area contributed by atoms with Crippen LogP contribution in [0.25, 0.3) is 10.8 Å². The third-order valence-electron chi connectivity index (χ3n) is 5.83. The van der Waals surface area contributed by atoms with E-state index in [9.17, 15) is 4.79 Å². The van der Waals surface area contributed by atoms with Crippen molar-refractivity contribution < 1.29 is 4.74 Å². The summed E-state index contributed by atoms with van der Waals surface area (Å²) in [6.45, 7) is 5.59. The average Bonchev–Trinajstić information content (AvgIpc) is 2.64. The monoisotopic (exact) mass is 326 g/mol. The number of fused-ring (bicyclic) bond motifs is 4. The zero-order chi connectivity index (χ0) is 16.7. The second-order valence-corrected chi connectivity index (χ2v) is 7.20. The summed E-state index contributed by atoms with van der Waals surface area (Å²) >= 11 is 0. The van der Waals surface area contributed by atoms with Crippen LogP contribution >= 0.6 is 0 Å². The van der Waals surface area contributed by atoms with E-state index < -0.39 is 0 Å². The van der Waals surface area contributed by atoms with Gasteiger partial charge in [0.25, 0.3) is 5.56 Å². The van der Waals surface area contributed by atoms with Crippen LogP contribution in [0.4, 0.5) is 0 Å². The molecular weight excluding hydrogens is 300 g/mol. The molecule has 0 radical (unpaired) electrons. The van der Waals surface area contributed by atoms with Gasteiger partial charge in [0.2, 0.25) is 0 Å². The van der Waals surface area contributed by atoms with Crippen molar-refractivity contribution in [1.29, 1.82) is 0 Å². The van der Waals surface area contributed by atoms with Gasteiger partial charge in [0.1, 0.15) is 5.75 Å². The number of rotatable bonds is 4. The van der Waals surface area contributed by atoms with Crippen molar-refractivity contribution in [3.8, 4) is 5.75 Å². The van der Waals surface area contributed by atoms with Crippen molar-refractivity contribution in [2.24, 2.45) is 5.92 Å². The summed E-state index contributed by atoms with van der Waals surface area (Å²) in [5.74, 6) is 1.46. The van der Waals surface area contributed by atoms with Gasteiger partial charge in [-0.3, -0.25) is 4.79 Å². The lowest BCUT2D eigenvalue weighted by molar-refractivity contribution is 0.0555. The molecule has 0 aliphatic carbocycles. The van der Waals surface area contributed by atoms with Gasteiger partial charge in [-0.15, -0.1) is 0 Å². The summed E-state index contributed by atoms with van der Waals surface area (Å²) in [7, 11) is 1.68. The first kappa shape index (κ1) is 15.7. The molecule has 128 valence electrons. The first-order chi connectivity index (χ1) is 11.7. The quantitative estimate of drug-likeness (QED) is 0.865. The average molecular weight is 326 g/mol. The third kappa shape index (κ3) is 2.44. The minimum absolute atomic E-state index is 0.141. The van der Waals surface area contributed by atoms with Crippen LogP contribution < -0.4 is 10.3 Å². The Labute approximate surface area is 143 Å². The fraction of sp³-hybridized carbons (Fsp3) is 0.550. The molecule has 5 rings (SSSR count). The molecule has 0 amide bonds. The number of hydrogen-bond acceptors (Lipinski definition) is 3. The summed E-state index contributed by atoms with van der Waals surface area (Å²) in [5, 5.41) is 1.81. The van der Waals surface area contributed by atoms with Crippen LogP contribution in [-0.4, -0.2) is 36.2 Å². The number of nitrogens with zero attached hydrogens (tertiary/aromatic N) is 2. The maximum absolute atomic E-state index is 13.2. The third-order valence-corrected chi connectivity index (χ3v) is 5.83.